The number of benzene rings is 1. The third-order valence-corrected chi connectivity index (χ3v) is 6.41. The summed E-state index contributed by atoms with van der Waals surface area (Å²) in [4.78, 5) is 40.0. The first-order chi connectivity index (χ1) is 19.1. The number of nitrogens with two attached hydrogens (primary N) is 1. The number of aromatic nitrogens is 5. The highest BCUT2D eigenvalue weighted by Gasteiger charge is 2.49. The van der Waals surface area contributed by atoms with Gasteiger partial charge in [0, 0.05) is 25.9 Å². The molecule has 0 fully saturated rings. The Morgan fingerprint density at radius 3 is 2.45 bits per heavy atom. The predicted octanol–water partition coefficient (Wildman–Crippen LogP) is 2.14. The summed E-state index contributed by atoms with van der Waals surface area (Å²) in [5, 5.41) is 30.2. The van der Waals surface area contributed by atoms with E-state index in [2.05, 4.69) is 19.9 Å². The lowest BCUT2D eigenvalue weighted by atomic mass is 9.93. The van der Waals surface area contributed by atoms with Gasteiger partial charge >= 0.3 is 11.9 Å². The second kappa shape index (κ2) is 11.9. The maximum absolute atomic E-state index is 15.4. The number of imidazole rings is 1. The highest BCUT2D eigenvalue weighted by atomic mass is 35.5. The Hall–Kier alpha value is -4.24. The zero-order valence-electron chi connectivity index (χ0n) is 20.9. The molecule has 3 heterocycles. The summed E-state index contributed by atoms with van der Waals surface area (Å²) in [5.41, 5.74) is 4.83. The number of anilines is 1. The molecule has 3 atom stereocenters. The Balaban J connectivity index is 1.54. The smallest absolute Gasteiger partial charge is 0.348 e. The molecule has 0 saturated carbocycles. The Bertz CT molecular complexity index is 1490. The maximum Gasteiger partial charge on any atom is 0.348 e. The van der Waals surface area contributed by atoms with Gasteiger partial charge in [-0.25, -0.2) is 19.0 Å². The number of fused-ring (bicyclic) bond motifs is 1. The number of carboxylic acid groups (broad SMARTS) is 2. The summed E-state index contributed by atoms with van der Waals surface area (Å²) >= 11 is 5.81. The van der Waals surface area contributed by atoms with Gasteiger partial charge in [-0.2, -0.15) is 9.97 Å². The number of ether oxygens (including phenoxy) is 2. The van der Waals surface area contributed by atoms with Gasteiger partial charge in [0.2, 0.25) is 11.6 Å². The van der Waals surface area contributed by atoms with Gasteiger partial charge in [-0.3, -0.25) is 9.55 Å². The van der Waals surface area contributed by atoms with Gasteiger partial charge in [0.05, 0.1) is 12.9 Å². The van der Waals surface area contributed by atoms with E-state index in [0.717, 1.165) is 29.1 Å². The van der Waals surface area contributed by atoms with Crippen LogP contribution in [-0.4, -0.2) is 83.3 Å². The summed E-state index contributed by atoms with van der Waals surface area (Å²) < 4.78 is 26.8. The quantitative estimate of drug-likeness (QED) is 0.142. The number of nitrogen functional groups attached to an aromatic ring is 1. The number of pyridine rings is 1. The first-order valence-corrected chi connectivity index (χ1v) is 12.1. The zero-order valence-corrected chi connectivity index (χ0v) is 21.6. The number of aliphatic hydroxyl groups excluding tert-OH is 1. The fourth-order valence-electron chi connectivity index (χ4n) is 4.02. The number of hydrogen-bond acceptors (Lipinski definition) is 10. The van der Waals surface area contributed by atoms with Crippen LogP contribution in [0, 0.1) is 0 Å². The molecule has 0 aliphatic heterocycles. The standard InChI is InChI=1S/C25H24ClFN6O7/c1-39-16(18(34)19(27)33-12-30-17-20(28)31-24(26)32-21(17)33)11-40-25(22(35)36,23(37)38)9-13-4-6-14(7-5-13)15-3-2-8-29-10-15/h2-8,10,12,16,18-19,34H,9,11H2,1H3,(H,35,36)(H,37,38)(H2,28,31,32)/t16-,18-,19-/m1/s1. The fraction of sp³-hybridized carbons (Fsp3) is 0.280. The lowest BCUT2D eigenvalue weighted by Gasteiger charge is -2.30. The average Bonchev–Trinajstić information content (AvgIpc) is 3.36. The number of hydrogen-bond donors (Lipinski definition) is 4. The van der Waals surface area contributed by atoms with Crippen molar-refractivity contribution in [2.75, 3.05) is 19.5 Å². The molecular formula is C25H24ClFN6O7. The lowest BCUT2D eigenvalue weighted by Crippen LogP contribution is -2.53. The third-order valence-electron chi connectivity index (χ3n) is 6.24. The minimum atomic E-state index is -2.77. The third kappa shape index (κ3) is 5.70. The van der Waals surface area contributed by atoms with Gasteiger partial charge in [0.15, 0.2) is 11.5 Å². The van der Waals surface area contributed by atoms with E-state index in [1.807, 2.05) is 6.07 Å². The number of aliphatic hydroxyl groups is 1. The van der Waals surface area contributed by atoms with Gasteiger partial charge in [0.25, 0.3) is 5.60 Å². The van der Waals surface area contributed by atoms with Crippen LogP contribution in [0.3, 0.4) is 0 Å². The molecule has 0 aliphatic carbocycles. The predicted molar refractivity (Wildman–Crippen MR) is 139 cm³/mol. The molecule has 3 aromatic heterocycles. The van der Waals surface area contributed by atoms with Crippen molar-refractivity contribution < 1.29 is 38.8 Å². The van der Waals surface area contributed by atoms with Crippen LogP contribution < -0.4 is 5.73 Å². The molecule has 0 radical (unpaired) electrons. The van der Waals surface area contributed by atoms with Gasteiger partial charge in [-0.15, -0.1) is 0 Å². The summed E-state index contributed by atoms with van der Waals surface area (Å²) in [6.45, 7) is -0.797. The first-order valence-electron chi connectivity index (χ1n) is 11.7. The van der Waals surface area contributed by atoms with Gasteiger partial charge in [-0.05, 0) is 34.4 Å². The Kier molecular flexibility index (Phi) is 8.54. The fourth-order valence-corrected chi connectivity index (χ4v) is 4.19. The highest BCUT2D eigenvalue weighted by Crippen LogP contribution is 2.28. The number of carboxylic acids is 2. The van der Waals surface area contributed by atoms with Crippen molar-refractivity contribution in [1.29, 1.82) is 0 Å². The number of halogens is 2. The zero-order chi connectivity index (χ0) is 29.0. The Labute approximate surface area is 231 Å². The molecule has 1 aromatic carbocycles. The van der Waals surface area contributed by atoms with Crippen LogP contribution in [0.4, 0.5) is 10.2 Å². The first kappa shape index (κ1) is 28.8. The molecule has 40 heavy (non-hydrogen) atoms. The van der Waals surface area contributed by atoms with E-state index in [0.29, 0.717) is 5.56 Å². The topological polar surface area (TPSA) is 196 Å². The molecule has 210 valence electrons. The van der Waals surface area contributed by atoms with Gasteiger partial charge in [0.1, 0.15) is 17.7 Å². The van der Waals surface area contributed by atoms with Crippen LogP contribution in [0.1, 0.15) is 11.9 Å². The van der Waals surface area contributed by atoms with Crippen molar-refractivity contribution in [2.45, 2.75) is 30.5 Å². The van der Waals surface area contributed by atoms with E-state index < -0.39 is 49.1 Å². The largest absolute Gasteiger partial charge is 0.479 e. The van der Waals surface area contributed by atoms with E-state index in [1.54, 1.807) is 42.7 Å². The average molecular weight is 575 g/mol. The number of alkyl halides is 1. The molecule has 15 heteroatoms. The number of methoxy groups -OCH3 is 1. The van der Waals surface area contributed by atoms with E-state index in [-0.39, 0.29) is 22.3 Å². The van der Waals surface area contributed by atoms with Crippen LogP contribution in [0.2, 0.25) is 5.28 Å². The van der Waals surface area contributed by atoms with E-state index in [1.165, 1.54) is 0 Å². The molecule has 0 saturated heterocycles. The van der Waals surface area contributed by atoms with Crippen LogP contribution in [0.25, 0.3) is 22.3 Å². The van der Waals surface area contributed by atoms with Crippen molar-refractivity contribution in [2.24, 2.45) is 0 Å². The van der Waals surface area contributed by atoms with Crippen LogP contribution in [0.5, 0.6) is 0 Å². The van der Waals surface area contributed by atoms with Crippen LogP contribution in [-0.2, 0) is 25.5 Å². The summed E-state index contributed by atoms with van der Waals surface area (Å²) in [6.07, 6.45) is -2.01. The van der Waals surface area contributed by atoms with Gasteiger partial charge < -0.3 is 30.5 Å². The summed E-state index contributed by atoms with van der Waals surface area (Å²) in [6, 6.07) is 10.1. The molecule has 0 bridgehead atoms. The normalized spacial score (nSPS) is 14.1. The Morgan fingerprint density at radius 1 is 1.15 bits per heavy atom. The minimum absolute atomic E-state index is 0.0368. The number of rotatable bonds is 12. The molecule has 0 amide bonds. The second-order valence-corrected chi connectivity index (χ2v) is 9.04. The van der Waals surface area contributed by atoms with E-state index >= 15 is 4.39 Å². The van der Waals surface area contributed by atoms with E-state index in [9.17, 15) is 24.9 Å². The second-order valence-electron chi connectivity index (χ2n) is 8.70. The molecule has 0 spiro atoms. The van der Waals surface area contributed by atoms with Crippen molar-refractivity contribution in [1.82, 2.24) is 24.5 Å². The van der Waals surface area contributed by atoms with E-state index in [4.69, 9.17) is 26.8 Å². The van der Waals surface area contributed by atoms with Crippen LogP contribution in [0.15, 0.2) is 55.1 Å². The number of aliphatic carboxylic acids is 2. The van der Waals surface area contributed by atoms with Crippen molar-refractivity contribution in [3.05, 3.63) is 66.0 Å². The molecular weight excluding hydrogens is 551 g/mol. The van der Waals surface area contributed by atoms with Crippen molar-refractivity contribution in [3.8, 4) is 11.1 Å². The van der Waals surface area contributed by atoms with Crippen molar-refractivity contribution >= 4 is 40.5 Å². The molecule has 13 nitrogen and oxygen atoms in total. The number of carbonyl (C=O) groups is 2. The highest BCUT2D eigenvalue weighted by molar-refractivity contribution is 6.28. The van der Waals surface area contributed by atoms with Crippen molar-refractivity contribution in [3.63, 3.8) is 0 Å². The Morgan fingerprint density at radius 2 is 1.85 bits per heavy atom. The van der Waals surface area contributed by atoms with Crippen LogP contribution >= 0.6 is 11.6 Å². The molecule has 0 aliphatic rings. The summed E-state index contributed by atoms with van der Waals surface area (Å²) in [5.74, 6) is -3.69. The maximum atomic E-state index is 15.4. The minimum Gasteiger partial charge on any atom is -0.479 e. The number of nitrogens with zero attached hydrogens (tertiary/aromatic N) is 5. The molecule has 4 rings (SSSR count). The van der Waals surface area contributed by atoms with Gasteiger partial charge in [-0.1, -0.05) is 30.3 Å². The summed E-state index contributed by atoms with van der Waals surface area (Å²) in [7, 11) is 1.12. The molecule has 0 unspecified atom stereocenters. The molecule has 5 N–H and O–H groups in total. The lowest BCUT2D eigenvalue weighted by molar-refractivity contribution is -0.192. The monoisotopic (exact) mass is 574 g/mol. The SMILES string of the molecule is CO[C@H](COC(Cc1ccc(-c2cccnc2)cc1)(C(=O)O)C(=O)O)[C@@H](O)[C@H](F)n1cnc2c(N)nc(Cl)nc21. The molecule has 4 aromatic rings.